The highest BCUT2D eigenvalue weighted by Crippen LogP contribution is 2.28. The first-order chi connectivity index (χ1) is 14.4. The third-order valence-corrected chi connectivity index (χ3v) is 6.13. The number of carbonyl (C=O) groups excluding carboxylic acids is 1. The Morgan fingerprint density at radius 2 is 1.87 bits per heavy atom. The lowest BCUT2D eigenvalue weighted by Gasteiger charge is -2.18. The van der Waals surface area contributed by atoms with Crippen LogP contribution in [0.3, 0.4) is 0 Å². The summed E-state index contributed by atoms with van der Waals surface area (Å²) in [5.41, 5.74) is 6.30. The summed E-state index contributed by atoms with van der Waals surface area (Å²) in [6.45, 7) is 5.46. The molecule has 0 spiro atoms. The molecule has 0 aliphatic rings. The number of aromatic nitrogens is 3. The Kier molecular flexibility index (Phi) is 5.39. The summed E-state index contributed by atoms with van der Waals surface area (Å²) in [7, 11) is 3.61. The van der Waals surface area contributed by atoms with Gasteiger partial charge in [-0.2, -0.15) is 5.10 Å². The molecule has 0 saturated heterocycles. The maximum absolute atomic E-state index is 13.1. The van der Waals surface area contributed by atoms with Gasteiger partial charge in [0.15, 0.2) is 0 Å². The van der Waals surface area contributed by atoms with Crippen LogP contribution in [-0.2, 0) is 20.1 Å². The summed E-state index contributed by atoms with van der Waals surface area (Å²) in [6.07, 6.45) is 1.60. The highest BCUT2D eigenvalue weighted by atomic mass is 35.5. The van der Waals surface area contributed by atoms with Crippen LogP contribution in [0.2, 0.25) is 5.02 Å². The van der Waals surface area contributed by atoms with Crippen molar-refractivity contribution in [3.63, 3.8) is 0 Å². The van der Waals surface area contributed by atoms with Gasteiger partial charge in [-0.15, -0.1) is 0 Å². The molecule has 0 atom stereocenters. The molecule has 2 aromatic carbocycles. The molecule has 4 rings (SSSR count). The van der Waals surface area contributed by atoms with E-state index >= 15 is 0 Å². The van der Waals surface area contributed by atoms with Crippen molar-refractivity contribution in [2.45, 2.75) is 26.9 Å². The van der Waals surface area contributed by atoms with Crippen molar-refractivity contribution < 1.29 is 4.79 Å². The predicted molar refractivity (Wildman–Crippen MR) is 121 cm³/mol. The number of hydrogen-bond acceptors (Lipinski definition) is 2. The molecule has 0 bridgehead atoms. The number of hydrogen-bond donors (Lipinski definition) is 0. The van der Waals surface area contributed by atoms with Gasteiger partial charge in [0.05, 0.1) is 23.5 Å². The van der Waals surface area contributed by atoms with E-state index in [1.807, 2.05) is 25.2 Å². The van der Waals surface area contributed by atoms with Crippen molar-refractivity contribution >= 4 is 28.4 Å². The first-order valence-electron chi connectivity index (χ1n) is 9.92. The SMILES string of the molecule is Cc1c(C)n(Cc2ccccc2)c2ccc(C(=O)N(C)Cc3c(Cl)cnn3C)cc12. The number of fused-ring (bicyclic) bond motifs is 1. The van der Waals surface area contributed by atoms with Crippen LogP contribution in [0.4, 0.5) is 0 Å². The minimum absolute atomic E-state index is 0.0398. The van der Waals surface area contributed by atoms with E-state index in [2.05, 4.69) is 53.8 Å². The fourth-order valence-corrected chi connectivity index (χ4v) is 4.11. The Morgan fingerprint density at radius 3 is 2.53 bits per heavy atom. The number of amides is 1. The summed E-state index contributed by atoms with van der Waals surface area (Å²) in [5.74, 6) is -0.0398. The van der Waals surface area contributed by atoms with Gasteiger partial charge in [-0.05, 0) is 43.2 Å². The van der Waals surface area contributed by atoms with Crippen molar-refractivity contribution in [3.05, 3.63) is 87.8 Å². The maximum atomic E-state index is 13.1. The lowest BCUT2D eigenvalue weighted by molar-refractivity contribution is 0.0782. The van der Waals surface area contributed by atoms with Gasteiger partial charge in [-0.25, -0.2) is 0 Å². The van der Waals surface area contributed by atoms with Crippen LogP contribution in [0.15, 0.2) is 54.7 Å². The molecule has 2 aromatic heterocycles. The van der Waals surface area contributed by atoms with Crippen molar-refractivity contribution in [2.24, 2.45) is 7.05 Å². The van der Waals surface area contributed by atoms with Crippen LogP contribution < -0.4 is 0 Å². The molecule has 0 radical (unpaired) electrons. The number of aryl methyl sites for hydroxylation is 2. The van der Waals surface area contributed by atoms with Crippen molar-refractivity contribution in [1.29, 1.82) is 0 Å². The summed E-state index contributed by atoms with van der Waals surface area (Å²) in [5, 5.41) is 5.82. The lowest BCUT2D eigenvalue weighted by Crippen LogP contribution is -2.27. The zero-order chi connectivity index (χ0) is 21.4. The average Bonchev–Trinajstić information content (AvgIpc) is 3.19. The second kappa shape index (κ2) is 8.00. The molecule has 6 heteroatoms. The highest BCUT2D eigenvalue weighted by molar-refractivity contribution is 6.31. The average molecular weight is 421 g/mol. The largest absolute Gasteiger partial charge is 0.340 e. The van der Waals surface area contributed by atoms with Crippen LogP contribution in [0.25, 0.3) is 10.9 Å². The third kappa shape index (κ3) is 3.61. The molecule has 30 heavy (non-hydrogen) atoms. The molecule has 0 aliphatic carbocycles. The van der Waals surface area contributed by atoms with Gasteiger partial charge >= 0.3 is 0 Å². The van der Waals surface area contributed by atoms with Gasteiger partial charge in [0.1, 0.15) is 0 Å². The van der Waals surface area contributed by atoms with Crippen LogP contribution in [0, 0.1) is 13.8 Å². The fraction of sp³-hybridized carbons (Fsp3) is 0.250. The molecule has 4 aromatic rings. The molecular formula is C24H25ClN4O. The zero-order valence-electron chi connectivity index (χ0n) is 17.7. The minimum atomic E-state index is -0.0398. The highest BCUT2D eigenvalue weighted by Gasteiger charge is 2.18. The Morgan fingerprint density at radius 1 is 1.13 bits per heavy atom. The first kappa shape index (κ1) is 20.2. The smallest absolute Gasteiger partial charge is 0.253 e. The van der Waals surface area contributed by atoms with Crippen molar-refractivity contribution in [2.75, 3.05) is 7.05 Å². The fourth-order valence-electron chi connectivity index (χ4n) is 3.88. The van der Waals surface area contributed by atoms with Crippen LogP contribution in [0.1, 0.15) is 32.9 Å². The zero-order valence-corrected chi connectivity index (χ0v) is 18.4. The molecule has 0 unspecified atom stereocenters. The van der Waals surface area contributed by atoms with E-state index in [4.69, 9.17) is 11.6 Å². The third-order valence-electron chi connectivity index (χ3n) is 5.81. The second-order valence-corrected chi connectivity index (χ2v) is 8.15. The van der Waals surface area contributed by atoms with Crippen LogP contribution >= 0.6 is 11.6 Å². The quantitative estimate of drug-likeness (QED) is 0.457. The molecule has 2 heterocycles. The van der Waals surface area contributed by atoms with E-state index < -0.39 is 0 Å². The number of rotatable bonds is 5. The second-order valence-electron chi connectivity index (χ2n) is 7.74. The van der Waals surface area contributed by atoms with Crippen LogP contribution in [0.5, 0.6) is 0 Å². The van der Waals surface area contributed by atoms with E-state index in [0.717, 1.165) is 23.1 Å². The van der Waals surface area contributed by atoms with Gasteiger partial charge in [0, 0.05) is 42.8 Å². The van der Waals surface area contributed by atoms with E-state index in [1.54, 1.807) is 22.8 Å². The van der Waals surface area contributed by atoms with Gasteiger partial charge in [0.25, 0.3) is 5.91 Å². The molecule has 0 fully saturated rings. The van der Waals surface area contributed by atoms with E-state index in [9.17, 15) is 4.79 Å². The molecule has 154 valence electrons. The summed E-state index contributed by atoms with van der Waals surface area (Å²) < 4.78 is 4.01. The van der Waals surface area contributed by atoms with Gasteiger partial charge in [0.2, 0.25) is 0 Å². The van der Waals surface area contributed by atoms with Crippen molar-refractivity contribution in [1.82, 2.24) is 19.2 Å². The first-order valence-corrected chi connectivity index (χ1v) is 10.3. The summed E-state index contributed by atoms with van der Waals surface area (Å²) in [4.78, 5) is 14.8. The molecule has 1 amide bonds. The standard InChI is InChI=1S/C24H25ClN4O/c1-16-17(2)29(14-18-8-6-5-7-9-18)22-11-10-19(12-20(16)22)24(30)27(3)15-23-21(25)13-26-28(23)4/h5-13H,14-15H2,1-4H3. The van der Waals surface area contributed by atoms with Crippen LogP contribution in [-0.4, -0.2) is 32.2 Å². The number of nitrogens with zero attached hydrogens (tertiary/aromatic N) is 4. The number of halogens is 1. The molecule has 0 saturated carbocycles. The summed E-state index contributed by atoms with van der Waals surface area (Å²) in [6, 6.07) is 16.4. The Labute approximate surface area is 181 Å². The molecule has 0 aliphatic heterocycles. The molecule has 5 nitrogen and oxygen atoms in total. The van der Waals surface area contributed by atoms with Gasteiger partial charge in [-0.3, -0.25) is 9.48 Å². The Balaban J connectivity index is 1.65. The topological polar surface area (TPSA) is 43.1 Å². The predicted octanol–water partition coefficient (Wildman–Crippen LogP) is 4.97. The Hall–Kier alpha value is -3.05. The molecular weight excluding hydrogens is 396 g/mol. The Bertz CT molecular complexity index is 1200. The van der Waals surface area contributed by atoms with E-state index in [0.29, 0.717) is 17.1 Å². The maximum Gasteiger partial charge on any atom is 0.253 e. The molecule has 0 N–H and O–H groups in total. The number of carbonyl (C=O) groups is 1. The van der Waals surface area contributed by atoms with Gasteiger partial charge in [-0.1, -0.05) is 41.9 Å². The van der Waals surface area contributed by atoms with Gasteiger partial charge < -0.3 is 9.47 Å². The summed E-state index contributed by atoms with van der Waals surface area (Å²) >= 11 is 6.20. The number of benzene rings is 2. The minimum Gasteiger partial charge on any atom is -0.340 e. The lowest BCUT2D eigenvalue weighted by atomic mass is 10.1. The van der Waals surface area contributed by atoms with E-state index in [-0.39, 0.29) is 5.91 Å². The normalized spacial score (nSPS) is 11.2. The van der Waals surface area contributed by atoms with E-state index in [1.165, 1.54) is 16.8 Å². The monoisotopic (exact) mass is 420 g/mol. The van der Waals surface area contributed by atoms with Crippen molar-refractivity contribution in [3.8, 4) is 0 Å².